The molecule has 5 N–H and O–H groups in total. The monoisotopic (exact) mass is 525 g/mol. The van der Waals surface area contributed by atoms with Crippen LogP contribution in [0.2, 0.25) is 0 Å². The highest BCUT2D eigenvalue weighted by molar-refractivity contribution is 7.88. The van der Waals surface area contributed by atoms with Crippen LogP contribution in [0, 0.1) is 17.8 Å². The Morgan fingerprint density at radius 3 is 2.53 bits per heavy atom. The van der Waals surface area contributed by atoms with E-state index < -0.39 is 10.0 Å². The highest BCUT2D eigenvalue weighted by Crippen LogP contribution is 2.32. The van der Waals surface area contributed by atoms with E-state index in [0.717, 1.165) is 51.2 Å². The highest BCUT2D eigenvalue weighted by atomic mass is 32.2. The van der Waals surface area contributed by atoms with Crippen molar-refractivity contribution in [2.45, 2.75) is 82.1 Å². The summed E-state index contributed by atoms with van der Waals surface area (Å²) in [7, 11) is -3.39. The van der Waals surface area contributed by atoms with Crippen molar-refractivity contribution in [2.75, 3.05) is 52.1 Å². The van der Waals surface area contributed by atoms with Crippen molar-refractivity contribution in [1.29, 1.82) is 0 Å². The van der Waals surface area contributed by atoms with Crippen molar-refractivity contribution in [3.63, 3.8) is 0 Å². The second-order valence-electron chi connectivity index (χ2n) is 12.0. The van der Waals surface area contributed by atoms with Crippen molar-refractivity contribution >= 4 is 15.9 Å². The molecule has 4 aliphatic heterocycles. The molecule has 6 unspecified atom stereocenters. The molecule has 0 bridgehead atoms. The van der Waals surface area contributed by atoms with Crippen molar-refractivity contribution < 1.29 is 13.2 Å². The molecular weight excluding hydrogens is 478 g/mol. The lowest BCUT2D eigenvalue weighted by atomic mass is 9.82. The van der Waals surface area contributed by atoms with Gasteiger partial charge in [-0.15, -0.1) is 0 Å². The predicted octanol–water partition coefficient (Wildman–Crippen LogP) is -0.201. The van der Waals surface area contributed by atoms with Gasteiger partial charge in [-0.3, -0.25) is 20.9 Å². The summed E-state index contributed by atoms with van der Waals surface area (Å²) in [6.45, 7) is 5.58. The van der Waals surface area contributed by atoms with Crippen molar-refractivity contribution in [3.8, 4) is 0 Å². The Labute approximate surface area is 217 Å². The third-order valence-electron chi connectivity index (χ3n) is 9.14. The summed E-state index contributed by atoms with van der Waals surface area (Å²) in [6, 6.07) is 0.889. The molecule has 5 fully saturated rings. The molecule has 4 saturated heterocycles. The summed E-state index contributed by atoms with van der Waals surface area (Å²) in [6.07, 6.45) is 12.9. The topological polar surface area (TPSA) is 118 Å². The number of hydrogen-bond donors (Lipinski definition) is 5. The standard InChI is InChI=1S/C25H47N7O3S/c1-36(34,35)27-14-24(33)31-16-20-22(17-31)28-23(12-18-6-3-2-4-7-18)29-25(20)21-9-11-32(30-21)15-19-8-5-10-26-13-19/h18-23,25-30H,2-17H2,1H3. The van der Waals surface area contributed by atoms with E-state index in [9.17, 15) is 13.2 Å². The van der Waals surface area contributed by atoms with Gasteiger partial charge < -0.3 is 10.2 Å². The molecule has 0 aromatic rings. The second kappa shape index (κ2) is 11.9. The van der Waals surface area contributed by atoms with Crippen molar-refractivity contribution in [2.24, 2.45) is 17.8 Å². The first-order valence-electron chi connectivity index (χ1n) is 14.3. The molecular formula is C25H47N7O3S. The van der Waals surface area contributed by atoms with E-state index in [2.05, 4.69) is 31.1 Å². The van der Waals surface area contributed by atoms with Crippen LogP contribution in [-0.4, -0.2) is 101 Å². The third kappa shape index (κ3) is 6.98. The Morgan fingerprint density at radius 2 is 1.78 bits per heavy atom. The normalized spacial score (nSPS) is 36.8. The van der Waals surface area contributed by atoms with Crippen LogP contribution in [0.3, 0.4) is 0 Å². The highest BCUT2D eigenvalue weighted by Gasteiger charge is 2.48. The lowest BCUT2D eigenvalue weighted by molar-refractivity contribution is -0.129. The third-order valence-corrected chi connectivity index (χ3v) is 9.81. The van der Waals surface area contributed by atoms with E-state index >= 15 is 0 Å². The van der Waals surface area contributed by atoms with Gasteiger partial charge in [-0.25, -0.2) is 18.1 Å². The summed E-state index contributed by atoms with van der Waals surface area (Å²) in [5.41, 5.74) is 3.85. The maximum Gasteiger partial charge on any atom is 0.237 e. The number of nitrogens with zero attached hydrogens (tertiary/aromatic N) is 2. The van der Waals surface area contributed by atoms with Gasteiger partial charge >= 0.3 is 0 Å². The second-order valence-corrected chi connectivity index (χ2v) is 13.8. The molecule has 4 heterocycles. The molecule has 0 aromatic carbocycles. The molecule has 11 heteroatoms. The minimum Gasteiger partial charge on any atom is -0.340 e. The largest absolute Gasteiger partial charge is 0.340 e. The van der Waals surface area contributed by atoms with Crippen LogP contribution < -0.4 is 26.1 Å². The Kier molecular flexibility index (Phi) is 8.87. The van der Waals surface area contributed by atoms with E-state index in [1.165, 1.54) is 44.9 Å². The lowest BCUT2D eigenvalue weighted by Gasteiger charge is -2.44. The molecule has 0 spiro atoms. The molecule has 5 aliphatic rings. The van der Waals surface area contributed by atoms with Gasteiger partial charge in [0.05, 0.1) is 19.0 Å². The first-order chi connectivity index (χ1) is 17.3. The molecule has 206 valence electrons. The number of hydrogen-bond acceptors (Lipinski definition) is 8. The fourth-order valence-electron chi connectivity index (χ4n) is 7.30. The summed E-state index contributed by atoms with van der Waals surface area (Å²) < 4.78 is 25.4. The number of rotatable bonds is 8. The fourth-order valence-corrected chi connectivity index (χ4v) is 7.69. The van der Waals surface area contributed by atoms with Crippen LogP contribution >= 0.6 is 0 Å². The first kappa shape index (κ1) is 26.8. The zero-order chi connectivity index (χ0) is 25.1. The van der Waals surface area contributed by atoms with Crippen LogP contribution in [-0.2, 0) is 14.8 Å². The summed E-state index contributed by atoms with van der Waals surface area (Å²) in [4.78, 5) is 14.7. The zero-order valence-corrected chi connectivity index (χ0v) is 22.7. The maximum atomic E-state index is 12.9. The molecule has 0 radical (unpaired) electrons. The fraction of sp³-hybridized carbons (Fsp3) is 0.960. The minimum atomic E-state index is -3.39. The SMILES string of the molecule is CS(=O)(=O)NCC(=O)N1CC2NC(CC3CCCCC3)NC(C3CCN(CC4CCCNC4)N3)C2C1. The lowest BCUT2D eigenvalue weighted by Crippen LogP contribution is -2.68. The minimum absolute atomic E-state index is 0.134. The molecule has 36 heavy (non-hydrogen) atoms. The maximum absolute atomic E-state index is 12.9. The van der Waals surface area contributed by atoms with Gasteiger partial charge in [0, 0.05) is 50.2 Å². The predicted molar refractivity (Wildman–Crippen MR) is 140 cm³/mol. The van der Waals surface area contributed by atoms with Gasteiger partial charge in [-0.2, -0.15) is 0 Å². The van der Waals surface area contributed by atoms with Gasteiger partial charge in [-0.05, 0) is 50.6 Å². The summed E-state index contributed by atoms with van der Waals surface area (Å²) >= 11 is 0. The number of hydrazine groups is 1. The molecule has 1 saturated carbocycles. The Balaban J connectivity index is 1.23. The average Bonchev–Trinajstić information content (AvgIpc) is 3.50. The Bertz CT molecular complexity index is 847. The molecule has 1 aliphatic carbocycles. The number of sulfonamides is 1. The molecule has 5 rings (SSSR count). The quantitative estimate of drug-likeness (QED) is 0.296. The van der Waals surface area contributed by atoms with Crippen molar-refractivity contribution in [3.05, 3.63) is 0 Å². The summed E-state index contributed by atoms with van der Waals surface area (Å²) in [5, 5.41) is 13.8. The zero-order valence-electron chi connectivity index (χ0n) is 21.9. The summed E-state index contributed by atoms with van der Waals surface area (Å²) in [5.74, 6) is 1.65. The number of amides is 1. The van der Waals surface area contributed by atoms with Crippen LogP contribution in [0.4, 0.5) is 0 Å². The average molecular weight is 526 g/mol. The number of fused-ring (bicyclic) bond motifs is 1. The van der Waals surface area contributed by atoms with Crippen molar-refractivity contribution in [1.82, 2.24) is 36.0 Å². The van der Waals surface area contributed by atoms with E-state index in [-0.39, 0.29) is 24.7 Å². The number of nitrogens with one attached hydrogen (secondary N) is 5. The number of carbonyl (C=O) groups is 1. The molecule has 10 nitrogen and oxygen atoms in total. The van der Waals surface area contributed by atoms with Gasteiger partial charge in [-0.1, -0.05) is 32.1 Å². The van der Waals surface area contributed by atoms with Crippen LogP contribution in [0.15, 0.2) is 0 Å². The number of piperidine rings is 1. The van der Waals surface area contributed by atoms with Gasteiger partial charge in [0.15, 0.2) is 0 Å². The van der Waals surface area contributed by atoms with Crippen LogP contribution in [0.25, 0.3) is 0 Å². The Morgan fingerprint density at radius 1 is 0.972 bits per heavy atom. The van der Waals surface area contributed by atoms with Crippen LogP contribution in [0.5, 0.6) is 0 Å². The van der Waals surface area contributed by atoms with Crippen LogP contribution in [0.1, 0.15) is 57.8 Å². The van der Waals surface area contributed by atoms with Gasteiger partial charge in [0.25, 0.3) is 0 Å². The first-order valence-corrected chi connectivity index (χ1v) is 16.2. The molecule has 0 aromatic heterocycles. The number of likely N-dealkylation sites (tertiary alicyclic amines) is 1. The van der Waals surface area contributed by atoms with E-state index in [4.69, 9.17) is 0 Å². The number of carbonyl (C=O) groups excluding carboxylic acids is 1. The van der Waals surface area contributed by atoms with E-state index in [0.29, 0.717) is 37.0 Å². The van der Waals surface area contributed by atoms with E-state index in [1.807, 2.05) is 4.90 Å². The molecule has 6 atom stereocenters. The van der Waals surface area contributed by atoms with Gasteiger partial charge in [0.1, 0.15) is 0 Å². The van der Waals surface area contributed by atoms with E-state index in [1.54, 1.807) is 0 Å². The Hall–Kier alpha value is -0.820. The van der Waals surface area contributed by atoms with Gasteiger partial charge in [0.2, 0.25) is 15.9 Å². The smallest absolute Gasteiger partial charge is 0.237 e. The molecule has 1 amide bonds.